The molecule has 0 bridgehead atoms. The average Bonchev–Trinajstić information content (AvgIpc) is 3.40. The third kappa shape index (κ3) is 6.83. The number of carbonyl (C=O) groups excluding carboxylic acids is 2. The molecule has 0 saturated heterocycles. The fraction of sp³-hybridized carbons (Fsp3) is 0.485. The van der Waals surface area contributed by atoms with E-state index < -0.39 is 96.4 Å². The number of guanidine groups is 1. The van der Waals surface area contributed by atoms with Crippen LogP contribution in [-0.2, 0) is 14.3 Å². The second-order valence-corrected chi connectivity index (χ2v) is 14.8. The zero-order valence-electron chi connectivity index (χ0n) is 28.7. The molecule has 12 nitrogen and oxygen atoms in total. The van der Waals surface area contributed by atoms with Gasteiger partial charge in [0.15, 0.2) is 28.6 Å². The van der Waals surface area contributed by atoms with Gasteiger partial charge in [-0.1, -0.05) is 44.5 Å². The maximum atomic E-state index is 16.3. The van der Waals surface area contributed by atoms with Crippen molar-refractivity contribution in [2.75, 3.05) is 6.61 Å². The normalized spacial score (nSPS) is 22.0. The number of nitrogens with zero attached hydrogens (tertiary/aromatic N) is 8. The second-order valence-electron chi connectivity index (χ2n) is 14.4. The number of esters is 1. The Morgan fingerprint density at radius 3 is 2.44 bits per heavy atom. The predicted molar refractivity (Wildman–Crippen MR) is 175 cm³/mol. The third-order valence-electron chi connectivity index (χ3n) is 9.49. The number of allylic oxidation sites excluding steroid dienone is 3. The molecule has 54 heavy (non-hydrogen) atoms. The van der Waals surface area contributed by atoms with E-state index in [1.165, 1.54) is 24.3 Å². The van der Waals surface area contributed by atoms with Gasteiger partial charge >= 0.3 is 18.7 Å². The molecule has 3 aromatic rings. The number of aromatic nitrogens is 6. The number of ether oxygens (including phenoxy) is 1. The molecule has 1 aliphatic heterocycles. The Bertz CT molecular complexity index is 2050. The standard InChI is InChI=1S/C33H32ClF8N9O3/c1-30(2,3)13-32(18-6-4-17(10-20(18)35)24-48-45-15-49(24)28(38)39)26(52)50(29(43)47-32)22(12-54-27(53)31(8-9-31)33(40,41)42)16-5-7-19(34)21(11-16)51-25(23(36)37)44-14-46-51/h4-5,7,10-11,14-15,18,22-23,28H,6,8-9,12-13H2,1-3H3,(H2,43,47)/t18?,22-,32-/m1/s1. The number of carbonyl (C=O) groups is 2. The minimum absolute atomic E-state index is 0.0130. The van der Waals surface area contributed by atoms with Gasteiger partial charge in [0, 0.05) is 11.5 Å². The van der Waals surface area contributed by atoms with E-state index in [4.69, 9.17) is 22.1 Å². The van der Waals surface area contributed by atoms with Crippen LogP contribution in [0.3, 0.4) is 0 Å². The van der Waals surface area contributed by atoms with Crippen molar-refractivity contribution < 1.29 is 49.4 Å². The molecule has 1 amide bonds. The lowest BCUT2D eigenvalue weighted by Crippen LogP contribution is -2.52. The van der Waals surface area contributed by atoms with Gasteiger partial charge in [-0.15, -0.1) is 10.2 Å². The van der Waals surface area contributed by atoms with Crippen LogP contribution in [0, 0.1) is 16.7 Å². The number of rotatable bonds is 11. The van der Waals surface area contributed by atoms with E-state index in [1.807, 2.05) is 0 Å². The molecule has 2 aromatic heterocycles. The Kier molecular flexibility index (Phi) is 9.89. The molecule has 0 radical (unpaired) electrons. The molecular weight excluding hydrogens is 758 g/mol. The zero-order chi connectivity index (χ0) is 39.5. The zero-order valence-corrected chi connectivity index (χ0v) is 29.4. The van der Waals surface area contributed by atoms with Crippen LogP contribution in [0.5, 0.6) is 0 Å². The number of halogens is 9. The molecule has 3 aliphatic rings. The number of aliphatic imine (C=N–C) groups is 1. The number of nitrogens with two attached hydrogens (primary N) is 1. The van der Waals surface area contributed by atoms with Crippen LogP contribution in [0.2, 0.25) is 5.02 Å². The van der Waals surface area contributed by atoms with Crippen molar-refractivity contribution >= 4 is 35.0 Å². The van der Waals surface area contributed by atoms with Crippen molar-refractivity contribution in [1.82, 2.24) is 34.4 Å². The van der Waals surface area contributed by atoms with Crippen molar-refractivity contribution in [3.05, 3.63) is 71.1 Å². The van der Waals surface area contributed by atoms with E-state index in [0.717, 1.165) is 28.3 Å². The summed E-state index contributed by atoms with van der Waals surface area (Å²) in [7, 11) is 0. The van der Waals surface area contributed by atoms with Gasteiger partial charge in [-0.3, -0.25) is 19.1 Å². The topological polar surface area (TPSA) is 146 Å². The highest BCUT2D eigenvalue weighted by Gasteiger charge is 2.70. The number of hydrogen-bond acceptors (Lipinski definition) is 9. The first-order valence-electron chi connectivity index (χ1n) is 16.4. The molecule has 2 N–H and O–H groups in total. The maximum Gasteiger partial charge on any atom is 0.404 e. The van der Waals surface area contributed by atoms with Gasteiger partial charge in [0.25, 0.3) is 12.3 Å². The fourth-order valence-electron chi connectivity index (χ4n) is 6.86. The first-order chi connectivity index (χ1) is 25.2. The molecule has 1 unspecified atom stereocenters. The molecule has 1 saturated carbocycles. The summed E-state index contributed by atoms with van der Waals surface area (Å²) < 4.78 is 119. The number of hydrogen-bond donors (Lipinski definition) is 1. The van der Waals surface area contributed by atoms with Crippen molar-refractivity contribution in [2.24, 2.45) is 27.5 Å². The quantitative estimate of drug-likeness (QED) is 0.161. The monoisotopic (exact) mass is 789 g/mol. The lowest BCUT2D eigenvalue weighted by Gasteiger charge is -2.39. The Hall–Kier alpha value is -4.88. The molecular formula is C33H32ClF8N9O3. The summed E-state index contributed by atoms with van der Waals surface area (Å²) in [4.78, 5) is 36.8. The van der Waals surface area contributed by atoms with E-state index in [1.54, 1.807) is 20.8 Å². The second kappa shape index (κ2) is 13.8. The highest BCUT2D eigenvalue weighted by molar-refractivity contribution is 6.32. The van der Waals surface area contributed by atoms with Gasteiger partial charge in [-0.25, -0.2) is 27.8 Å². The summed E-state index contributed by atoms with van der Waals surface area (Å²) in [6.07, 6.45) is -5.57. The summed E-state index contributed by atoms with van der Waals surface area (Å²) in [5, 5.41) is 10.8. The summed E-state index contributed by atoms with van der Waals surface area (Å²) in [6, 6.07) is 2.18. The van der Waals surface area contributed by atoms with Crippen molar-refractivity contribution in [2.45, 2.75) is 77.2 Å². The number of alkyl halides is 7. The smallest absolute Gasteiger partial charge is 0.404 e. The molecule has 290 valence electrons. The molecule has 0 spiro atoms. The predicted octanol–water partition coefficient (Wildman–Crippen LogP) is 7.06. The van der Waals surface area contributed by atoms with Gasteiger partial charge in [0.2, 0.25) is 0 Å². The molecule has 2 aliphatic carbocycles. The van der Waals surface area contributed by atoms with E-state index >= 15 is 4.39 Å². The van der Waals surface area contributed by atoms with Crippen molar-refractivity contribution in [3.8, 4) is 5.69 Å². The highest BCUT2D eigenvalue weighted by Crippen LogP contribution is 2.58. The van der Waals surface area contributed by atoms with E-state index in [9.17, 15) is 40.3 Å². The average molecular weight is 790 g/mol. The van der Waals surface area contributed by atoms with Gasteiger partial charge in [-0.05, 0) is 54.9 Å². The summed E-state index contributed by atoms with van der Waals surface area (Å²) >= 11 is 6.37. The Morgan fingerprint density at radius 1 is 1.15 bits per heavy atom. The molecule has 1 aromatic carbocycles. The van der Waals surface area contributed by atoms with Gasteiger partial charge in [-0.2, -0.15) is 27.1 Å². The Balaban J connectivity index is 1.42. The van der Waals surface area contributed by atoms with Crippen LogP contribution in [-0.4, -0.2) is 70.6 Å². The third-order valence-corrected chi connectivity index (χ3v) is 9.81. The van der Waals surface area contributed by atoms with Crippen LogP contribution in [0.25, 0.3) is 11.3 Å². The summed E-state index contributed by atoms with van der Waals surface area (Å²) in [5.74, 6) is -6.50. The van der Waals surface area contributed by atoms with E-state index in [2.05, 4.69) is 25.3 Å². The van der Waals surface area contributed by atoms with E-state index in [0.29, 0.717) is 4.57 Å². The lowest BCUT2D eigenvalue weighted by atomic mass is 9.69. The first-order valence-corrected chi connectivity index (χ1v) is 16.7. The SMILES string of the molecule is CC(C)(C)C[C@]1(C2CC=C(c3nncn3C(F)F)C=C2F)N=C(N)N([C@H](COC(=O)C2(C(F)(F)F)CC2)c2ccc(Cl)c(-n3ncnc3C(F)F)c2)C1=O. The van der Waals surface area contributed by atoms with Crippen LogP contribution >= 0.6 is 11.6 Å². The summed E-state index contributed by atoms with van der Waals surface area (Å²) in [6.45, 7) is 1.25. The van der Waals surface area contributed by atoms with Gasteiger partial charge < -0.3 is 10.5 Å². The highest BCUT2D eigenvalue weighted by atomic mass is 35.5. The first kappa shape index (κ1) is 38.8. The number of benzene rings is 1. The lowest BCUT2D eigenvalue weighted by molar-refractivity contribution is -0.207. The molecule has 3 atom stereocenters. The molecule has 3 heterocycles. The summed E-state index contributed by atoms with van der Waals surface area (Å²) in [5.41, 5.74) is 0.675. The number of amides is 1. The van der Waals surface area contributed by atoms with Crippen molar-refractivity contribution in [3.63, 3.8) is 0 Å². The molecule has 6 rings (SSSR count). The fourth-order valence-corrected chi connectivity index (χ4v) is 7.05. The minimum atomic E-state index is -4.93. The molecule has 21 heteroatoms. The van der Waals surface area contributed by atoms with Crippen LogP contribution in [0.1, 0.15) is 82.7 Å². The van der Waals surface area contributed by atoms with Gasteiger partial charge in [0.05, 0.1) is 16.8 Å². The van der Waals surface area contributed by atoms with Crippen LogP contribution in [0.15, 0.2) is 53.8 Å². The van der Waals surface area contributed by atoms with Gasteiger partial charge in [0.1, 0.15) is 25.1 Å². The van der Waals surface area contributed by atoms with Crippen LogP contribution in [0.4, 0.5) is 35.1 Å². The van der Waals surface area contributed by atoms with Crippen molar-refractivity contribution in [1.29, 1.82) is 0 Å². The van der Waals surface area contributed by atoms with Crippen LogP contribution < -0.4 is 5.73 Å². The maximum absolute atomic E-state index is 16.3. The molecule has 1 fully saturated rings. The Labute approximate surface area is 306 Å². The minimum Gasteiger partial charge on any atom is -0.462 e. The van der Waals surface area contributed by atoms with E-state index in [-0.39, 0.29) is 40.5 Å². The largest absolute Gasteiger partial charge is 0.462 e. The Morgan fingerprint density at radius 2 is 1.85 bits per heavy atom.